The molecule has 0 aromatic rings. The molecule has 0 aromatic heterocycles. The van der Waals surface area contributed by atoms with Gasteiger partial charge < -0.3 is 14.9 Å². The Balaban J connectivity index is 0. The molecule has 0 aliphatic heterocycles. The van der Waals surface area contributed by atoms with Gasteiger partial charge in [-0.2, -0.15) is 0 Å². The number of rotatable bonds is 4. The Kier molecular flexibility index (Phi) is 15.7. The number of aliphatic hydroxyl groups excluding tert-OH is 1. The normalized spacial score (nSPS) is 8.25. The summed E-state index contributed by atoms with van der Waals surface area (Å²) in [4.78, 5) is 0. The van der Waals surface area contributed by atoms with E-state index in [1.165, 1.54) is 0 Å². The van der Waals surface area contributed by atoms with Crippen molar-refractivity contribution < 1.29 is 44.5 Å². The first-order chi connectivity index (χ1) is 3.41. The van der Waals surface area contributed by atoms with Crippen LogP contribution in [0.3, 0.4) is 0 Å². The smallest absolute Gasteiger partial charge is 0.853 e. The molecule has 0 aliphatic rings. The minimum atomic E-state index is -0.222. The first-order valence-electron chi connectivity index (χ1n) is 2.18. The summed E-state index contributed by atoms with van der Waals surface area (Å²) in [7, 11) is 0. The molecule has 0 saturated carbocycles. The monoisotopic (exact) mass is 128 g/mol. The van der Waals surface area contributed by atoms with E-state index in [0.29, 0.717) is 0 Å². The van der Waals surface area contributed by atoms with E-state index in [-0.39, 0.29) is 56.0 Å². The first-order valence-corrected chi connectivity index (χ1v) is 2.18. The molecule has 8 heavy (non-hydrogen) atoms. The molecule has 0 heterocycles. The molecule has 44 valence electrons. The minimum Gasteiger partial charge on any atom is -0.853 e. The first kappa shape index (κ1) is 11.6. The molecule has 3 nitrogen and oxygen atoms in total. The molecule has 0 atom stereocenters. The molecular formula is C4H9NaO3. The van der Waals surface area contributed by atoms with Crippen molar-refractivity contribution in [3.05, 3.63) is 0 Å². The average Bonchev–Trinajstić information content (AvgIpc) is 1.69. The zero-order valence-electron chi connectivity index (χ0n) is 5.09. The summed E-state index contributed by atoms with van der Waals surface area (Å²) < 4.78 is 4.57. The maximum absolute atomic E-state index is 9.60. The topological polar surface area (TPSA) is 52.5 Å². The van der Waals surface area contributed by atoms with Gasteiger partial charge in [-0.1, -0.05) is 0 Å². The van der Waals surface area contributed by atoms with Crippen LogP contribution in [-0.4, -0.2) is 31.5 Å². The molecule has 0 spiro atoms. The fourth-order valence-corrected chi connectivity index (χ4v) is 0.226. The van der Waals surface area contributed by atoms with Crippen LogP contribution in [-0.2, 0) is 4.74 Å². The largest absolute Gasteiger partial charge is 1.00 e. The van der Waals surface area contributed by atoms with Crippen molar-refractivity contribution >= 4 is 0 Å². The van der Waals surface area contributed by atoms with Crippen molar-refractivity contribution in [2.75, 3.05) is 26.4 Å². The van der Waals surface area contributed by atoms with Gasteiger partial charge in [0, 0.05) is 6.61 Å². The Morgan fingerprint density at radius 3 is 2.38 bits per heavy atom. The van der Waals surface area contributed by atoms with E-state index in [1.54, 1.807) is 0 Å². The van der Waals surface area contributed by atoms with E-state index in [0.717, 1.165) is 0 Å². The minimum absolute atomic E-state index is 0. The van der Waals surface area contributed by atoms with E-state index in [9.17, 15) is 5.11 Å². The van der Waals surface area contributed by atoms with Crippen LogP contribution in [0, 0.1) is 0 Å². The third-order valence-corrected chi connectivity index (χ3v) is 0.463. The Hall–Kier alpha value is 0.880. The third-order valence-electron chi connectivity index (χ3n) is 0.463. The van der Waals surface area contributed by atoms with Gasteiger partial charge in [0.15, 0.2) is 0 Å². The third kappa shape index (κ3) is 9.99. The molecule has 4 heteroatoms. The summed E-state index contributed by atoms with van der Waals surface area (Å²) >= 11 is 0. The van der Waals surface area contributed by atoms with E-state index < -0.39 is 0 Å². The fourth-order valence-electron chi connectivity index (χ4n) is 0.226. The van der Waals surface area contributed by atoms with Crippen LogP contribution in [0.4, 0.5) is 0 Å². The van der Waals surface area contributed by atoms with Crippen LogP contribution in [0.2, 0.25) is 0 Å². The van der Waals surface area contributed by atoms with Gasteiger partial charge in [-0.25, -0.2) is 0 Å². The molecule has 0 bridgehead atoms. The van der Waals surface area contributed by atoms with Crippen molar-refractivity contribution in [3.8, 4) is 0 Å². The fraction of sp³-hybridized carbons (Fsp3) is 1.00. The van der Waals surface area contributed by atoms with E-state index in [4.69, 9.17) is 5.11 Å². The summed E-state index contributed by atoms with van der Waals surface area (Å²) in [5.74, 6) is 0. The molecule has 0 saturated heterocycles. The van der Waals surface area contributed by atoms with Crippen LogP contribution >= 0.6 is 0 Å². The second-order valence-corrected chi connectivity index (χ2v) is 1.04. The number of ether oxygens (including phenoxy) is 1. The maximum Gasteiger partial charge on any atom is 1.00 e. The zero-order valence-corrected chi connectivity index (χ0v) is 7.09. The summed E-state index contributed by atoms with van der Waals surface area (Å²) in [6.45, 7) is 0.267. The number of hydrogen-bond donors (Lipinski definition) is 1. The van der Waals surface area contributed by atoms with Gasteiger partial charge in [-0.15, -0.1) is 6.61 Å². The second kappa shape index (κ2) is 10.8. The summed E-state index contributed by atoms with van der Waals surface area (Å²) in [6.07, 6.45) is 0. The van der Waals surface area contributed by atoms with Gasteiger partial charge in [-0.3, -0.25) is 0 Å². The molecule has 0 radical (unpaired) electrons. The SMILES string of the molecule is [Na+].[O-]CCOCCO. The van der Waals surface area contributed by atoms with Gasteiger partial charge >= 0.3 is 29.6 Å². The van der Waals surface area contributed by atoms with Crippen LogP contribution in [0.1, 0.15) is 0 Å². The molecule has 0 aromatic carbocycles. The van der Waals surface area contributed by atoms with Crippen LogP contribution in [0.5, 0.6) is 0 Å². The van der Waals surface area contributed by atoms with Gasteiger partial charge in [0.1, 0.15) is 0 Å². The van der Waals surface area contributed by atoms with Crippen molar-refractivity contribution in [3.63, 3.8) is 0 Å². The van der Waals surface area contributed by atoms with E-state index in [1.807, 2.05) is 0 Å². The summed E-state index contributed by atoms with van der Waals surface area (Å²) in [5.41, 5.74) is 0. The van der Waals surface area contributed by atoms with Crippen LogP contribution in [0.25, 0.3) is 0 Å². The number of aliphatic hydroxyl groups is 1. The molecule has 0 rings (SSSR count). The van der Waals surface area contributed by atoms with E-state index in [2.05, 4.69) is 4.74 Å². The van der Waals surface area contributed by atoms with Crippen LogP contribution in [0.15, 0.2) is 0 Å². The number of hydrogen-bond acceptors (Lipinski definition) is 3. The van der Waals surface area contributed by atoms with Crippen LogP contribution < -0.4 is 34.7 Å². The Morgan fingerprint density at radius 2 is 2.00 bits per heavy atom. The standard InChI is InChI=1S/C4H9O3.Na/c5-1-3-7-4-2-6;/h5H,1-4H2;/q-1;+1. The van der Waals surface area contributed by atoms with E-state index >= 15 is 0 Å². The summed E-state index contributed by atoms with van der Waals surface area (Å²) in [5, 5.41) is 17.7. The molecule has 0 fully saturated rings. The predicted octanol–water partition coefficient (Wildman–Crippen LogP) is -4.64. The molecule has 0 amide bonds. The molecule has 0 unspecified atom stereocenters. The van der Waals surface area contributed by atoms with Gasteiger partial charge in [0.2, 0.25) is 0 Å². The van der Waals surface area contributed by atoms with Crippen molar-refractivity contribution in [2.24, 2.45) is 0 Å². The quantitative estimate of drug-likeness (QED) is 0.306. The zero-order chi connectivity index (χ0) is 5.54. The van der Waals surface area contributed by atoms with Crippen molar-refractivity contribution in [1.82, 2.24) is 0 Å². The molecule has 1 N–H and O–H groups in total. The molecular weight excluding hydrogens is 119 g/mol. The predicted molar refractivity (Wildman–Crippen MR) is 22.8 cm³/mol. The van der Waals surface area contributed by atoms with Gasteiger partial charge in [0.05, 0.1) is 13.2 Å². The Morgan fingerprint density at radius 1 is 1.38 bits per heavy atom. The average molecular weight is 128 g/mol. The van der Waals surface area contributed by atoms with Gasteiger partial charge in [0.25, 0.3) is 0 Å². The van der Waals surface area contributed by atoms with Crippen molar-refractivity contribution in [1.29, 1.82) is 0 Å². The second-order valence-electron chi connectivity index (χ2n) is 1.04. The maximum atomic E-state index is 9.60. The molecule has 0 aliphatic carbocycles. The summed E-state index contributed by atoms with van der Waals surface area (Å²) in [6, 6.07) is 0. The Labute approximate surface area is 70.9 Å². The Bertz CT molecular complexity index is 30.5. The van der Waals surface area contributed by atoms with Crippen molar-refractivity contribution in [2.45, 2.75) is 0 Å². The van der Waals surface area contributed by atoms with Gasteiger partial charge in [-0.05, 0) is 0 Å².